The third kappa shape index (κ3) is 4.96. The van der Waals surface area contributed by atoms with E-state index < -0.39 is 0 Å². The van der Waals surface area contributed by atoms with Crippen molar-refractivity contribution in [2.45, 2.75) is 6.92 Å². The molecule has 0 spiro atoms. The highest BCUT2D eigenvalue weighted by molar-refractivity contribution is 5.93. The van der Waals surface area contributed by atoms with Crippen LogP contribution < -0.4 is 15.4 Å². The Hall–Kier alpha value is -2.60. The molecule has 128 valence electrons. The number of hydrogen-bond donors (Lipinski definition) is 2. The summed E-state index contributed by atoms with van der Waals surface area (Å²) >= 11 is 0. The maximum absolute atomic E-state index is 12.2. The average Bonchev–Trinajstić information content (AvgIpc) is 2.55. The van der Waals surface area contributed by atoms with E-state index in [1.165, 1.54) is 0 Å². The van der Waals surface area contributed by atoms with Gasteiger partial charge in [-0.2, -0.15) is 0 Å². The number of likely N-dealkylation sites (N-methyl/N-ethyl adjacent to an activating group) is 1. The van der Waals surface area contributed by atoms with Crippen molar-refractivity contribution in [2.24, 2.45) is 0 Å². The lowest BCUT2D eigenvalue weighted by Gasteiger charge is -2.13. The second-order valence-electron chi connectivity index (χ2n) is 5.82. The van der Waals surface area contributed by atoms with Gasteiger partial charge in [-0.3, -0.25) is 9.78 Å². The number of nitrogens with one attached hydrogen (secondary N) is 2. The first kappa shape index (κ1) is 17.7. The fourth-order valence-electron chi connectivity index (χ4n) is 2.19. The molecule has 6 heteroatoms. The molecule has 1 aromatic heterocycles. The van der Waals surface area contributed by atoms with E-state index in [0.29, 0.717) is 12.2 Å². The summed E-state index contributed by atoms with van der Waals surface area (Å²) in [7, 11) is 5.56. The number of amides is 1. The first-order valence-electron chi connectivity index (χ1n) is 7.80. The number of carbonyl (C=O) groups excluding carboxylic acids is 1. The van der Waals surface area contributed by atoms with Crippen molar-refractivity contribution in [3.8, 4) is 5.75 Å². The minimum atomic E-state index is -0.184. The van der Waals surface area contributed by atoms with Crippen molar-refractivity contribution in [3.63, 3.8) is 0 Å². The van der Waals surface area contributed by atoms with Gasteiger partial charge in [0.25, 0.3) is 5.91 Å². The zero-order valence-electron chi connectivity index (χ0n) is 14.6. The van der Waals surface area contributed by atoms with Crippen molar-refractivity contribution in [1.82, 2.24) is 15.2 Å². The van der Waals surface area contributed by atoms with Crippen LogP contribution in [0, 0.1) is 6.92 Å². The topological polar surface area (TPSA) is 66.5 Å². The van der Waals surface area contributed by atoms with E-state index in [-0.39, 0.29) is 5.91 Å². The number of aryl methyl sites for hydroxylation is 1. The van der Waals surface area contributed by atoms with Gasteiger partial charge in [0.05, 0.1) is 12.8 Å². The molecule has 0 aliphatic heterocycles. The summed E-state index contributed by atoms with van der Waals surface area (Å²) < 4.78 is 5.36. The molecule has 1 heterocycles. The molecular weight excluding hydrogens is 304 g/mol. The molecule has 6 nitrogen and oxygen atoms in total. The molecule has 0 fully saturated rings. The second-order valence-corrected chi connectivity index (χ2v) is 5.82. The number of ether oxygens (including phenoxy) is 1. The van der Waals surface area contributed by atoms with E-state index in [1.54, 1.807) is 19.4 Å². The van der Waals surface area contributed by atoms with Crippen LogP contribution in [0.25, 0.3) is 0 Å². The number of anilines is 2. The molecule has 0 saturated carbocycles. The maximum atomic E-state index is 12.2. The average molecular weight is 328 g/mol. The lowest BCUT2D eigenvalue weighted by atomic mass is 10.2. The highest BCUT2D eigenvalue weighted by atomic mass is 16.5. The number of aromatic nitrogens is 1. The predicted molar refractivity (Wildman–Crippen MR) is 96.1 cm³/mol. The fraction of sp³-hybridized carbons (Fsp3) is 0.333. The summed E-state index contributed by atoms with van der Waals surface area (Å²) in [5.74, 6) is 0.561. The van der Waals surface area contributed by atoms with Crippen molar-refractivity contribution >= 4 is 17.3 Å². The molecular formula is C18H24N4O2. The minimum absolute atomic E-state index is 0.184. The third-order valence-electron chi connectivity index (χ3n) is 3.47. The van der Waals surface area contributed by atoms with Crippen molar-refractivity contribution in [2.75, 3.05) is 39.6 Å². The molecule has 2 aromatic rings. The van der Waals surface area contributed by atoms with Crippen LogP contribution in [0.5, 0.6) is 5.75 Å². The van der Waals surface area contributed by atoms with Crippen molar-refractivity contribution in [3.05, 3.63) is 47.8 Å². The van der Waals surface area contributed by atoms with Gasteiger partial charge < -0.3 is 20.3 Å². The number of hydrogen-bond acceptors (Lipinski definition) is 5. The minimum Gasteiger partial charge on any atom is -0.495 e. The Balaban J connectivity index is 2.10. The predicted octanol–water partition coefficient (Wildman–Crippen LogP) is 2.43. The van der Waals surface area contributed by atoms with Gasteiger partial charge in [0, 0.05) is 25.0 Å². The molecule has 24 heavy (non-hydrogen) atoms. The van der Waals surface area contributed by atoms with Crippen LogP contribution in [0.15, 0.2) is 36.5 Å². The molecule has 0 aliphatic carbocycles. The SMILES string of the molecule is COc1ccc(C)cc1Nc1ccnc(C(=O)NCCN(C)C)c1. The lowest BCUT2D eigenvalue weighted by Crippen LogP contribution is -2.31. The van der Waals surface area contributed by atoms with Crippen molar-refractivity contribution in [1.29, 1.82) is 0 Å². The van der Waals surface area contributed by atoms with Gasteiger partial charge in [-0.15, -0.1) is 0 Å². The number of carbonyl (C=O) groups is 1. The monoisotopic (exact) mass is 328 g/mol. The Bertz CT molecular complexity index is 701. The first-order valence-corrected chi connectivity index (χ1v) is 7.80. The second kappa shape index (κ2) is 8.31. The summed E-state index contributed by atoms with van der Waals surface area (Å²) in [4.78, 5) is 18.3. The van der Waals surface area contributed by atoms with Gasteiger partial charge in [-0.25, -0.2) is 0 Å². The number of pyridine rings is 1. The normalized spacial score (nSPS) is 10.5. The molecule has 2 rings (SSSR count). The van der Waals surface area contributed by atoms with Gasteiger partial charge in [0.2, 0.25) is 0 Å². The van der Waals surface area contributed by atoms with E-state index in [9.17, 15) is 4.79 Å². The Morgan fingerprint density at radius 3 is 2.75 bits per heavy atom. The zero-order chi connectivity index (χ0) is 17.5. The summed E-state index contributed by atoms with van der Waals surface area (Å²) in [6.45, 7) is 3.38. The standard InChI is InChI=1S/C18H24N4O2/c1-13-5-6-17(24-4)15(11-13)21-14-7-8-19-16(12-14)18(23)20-9-10-22(2)3/h5-8,11-12H,9-10H2,1-4H3,(H,19,21)(H,20,23). The molecule has 1 aromatic carbocycles. The van der Waals surface area contributed by atoms with Crippen LogP contribution in [0.3, 0.4) is 0 Å². The summed E-state index contributed by atoms with van der Waals surface area (Å²) in [5.41, 5.74) is 3.13. The van der Waals surface area contributed by atoms with Gasteiger partial charge >= 0.3 is 0 Å². The number of rotatable bonds is 7. The lowest BCUT2D eigenvalue weighted by molar-refractivity contribution is 0.0946. The Morgan fingerprint density at radius 1 is 1.25 bits per heavy atom. The van der Waals surface area contributed by atoms with Crippen LogP contribution in [0.4, 0.5) is 11.4 Å². The number of nitrogens with zero attached hydrogens (tertiary/aromatic N) is 2. The van der Waals surface area contributed by atoms with Gasteiger partial charge in [0.15, 0.2) is 0 Å². The largest absolute Gasteiger partial charge is 0.495 e. The van der Waals surface area contributed by atoms with Crippen LogP contribution >= 0.6 is 0 Å². The maximum Gasteiger partial charge on any atom is 0.269 e. The summed E-state index contributed by atoms with van der Waals surface area (Å²) in [6.07, 6.45) is 1.62. The van der Waals surface area contributed by atoms with E-state index in [1.807, 2.05) is 50.2 Å². The molecule has 0 saturated heterocycles. The van der Waals surface area contributed by atoms with Gasteiger partial charge in [0.1, 0.15) is 11.4 Å². The van der Waals surface area contributed by atoms with Gasteiger partial charge in [-0.05, 0) is 50.8 Å². The highest BCUT2D eigenvalue weighted by Crippen LogP contribution is 2.28. The van der Waals surface area contributed by atoms with E-state index in [2.05, 4.69) is 15.6 Å². The summed E-state index contributed by atoms with van der Waals surface area (Å²) in [5, 5.41) is 6.14. The smallest absolute Gasteiger partial charge is 0.269 e. The zero-order valence-corrected chi connectivity index (χ0v) is 14.6. The number of benzene rings is 1. The Labute approximate surface area is 142 Å². The van der Waals surface area contributed by atoms with Crippen molar-refractivity contribution < 1.29 is 9.53 Å². The molecule has 0 bridgehead atoms. The molecule has 0 aliphatic rings. The van der Waals surface area contributed by atoms with Gasteiger partial charge in [-0.1, -0.05) is 6.07 Å². The van der Waals surface area contributed by atoms with Crippen LogP contribution in [0.2, 0.25) is 0 Å². The summed E-state index contributed by atoms with van der Waals surface area (Å²) in [6, 6.07) is 9.44. The fourth-order valence-corrected chi connectivity index (χ4v) is 2.19. The highest BCUT2D eigenvalue weighted by Gasteiger charge is 2.09. The van der Waals surface area contributed by atoms with Crippen LogP contribution in [-0.2, 0) is 0 Å². The Morgan fingerprint density at radius 2 is 2.04 bits per heavy atom. The molecule has 0 atom stereocenters. The molecule has 0 unspecified atom stereocenters. The first-order chi connectivity index (χ1) is 11.5. The number of methoxy groups -OCH3 is 1. The third-order valence-corrected chi connectivity index (χ3v) is 3.47. The van der Waals surface area contributed by atoms with Crippen LogP contribution in [0.1, 0.15) is 16.1 Å². The van der Waals surface area contributed by atoms with E-state index in [0.717, 1.165) is 29.2 Å². The van der Waals surface area contributed by atoms with E-state index in [4.69, 9.17) is 4.74 Å². The quantitative estimate of drug-likeness (QED) is 0.817. The Kier molecular flexibility index (Phi) is 6.14. The van der Waals surface area contributed by atoms with Crippen LogP contribution in [-0.4, -0.2) is 50.1 Å². The van der Waals surface area contributed by atoms with E-state index >= 15 is 0 Å². The molecule has 1 amide bonds. The molecule has 0 radical (unpaired) electrons. The molecule has 2 N–H and O–H groups in total.